The molecule has 0 saturated carbocycles. The smallest absolute Gasteiger partial charge is 0.227 e. The van der Waals surface area contributed by atoms with Gasteiger partial charge in [0.15, 0.2) is 0 Å². The van der Waals surface area contributed by atoms with Crippen LogP contribution in [-0.4, -0.2) is 56.8 Å². The average molecular weight is 352 g/mol. The van der Waals surface area contributed by atoms with Crippen molar-refractivity contribution in [3.63, 3.8) is 0 Å². The molecule has 0 unspecified atom stereocenters. The molecular weight excluding hydrogens is 328 g/mol. The van der Waals surface area contributed by atoms with E-state index < -0.39 is 15.6 Å². The number of ether oxygens (including phenoxy) is 1. The Morgan fingerprint density at radius 3 is 2.83 bits per heavy atom. The predicted molar refractivity (Wildman–Crippen MR) is 91.0 cm³/mol. The number of hydrogen-bond donors (Lipinski definition) is 1. The summed E-state index contributed by atoms with van der Waals surface area (Å²) >= 11 is 0. The van der Waals surface area contributed by atoms with Crippen LogP contribution in [0.2, 0.25) is 0 Å². The highest BCUT2D eigenvalue weighted by atomic mass is 32.2. The molecule has 0 aromatic heterocycles. The minimum atomic E-state index is -3.23. The number of carbonyl (C=O) groups excluding carboxylic acids is 1. The molecule has 0 bridgehead atoms. The van der Waals surface area contributed by atoms with Gasteiger partial charge < -0.3 is 9.64 Å². The zero-order valence-corrected chi connectivity index (χ0v) is 14.7. The third-order valence-electron chi connectivity index (χ3n) is 4.74. The van der Waals surface area contributed by atoms with E-state index in [9.17, 15) is 13.2 Å². The quantitative estimate of drug-likeness (QED) is 0.875. The second-order valence-corrected chi connectivity index (χ2v) is 8.62. The lowest BCUT2D eigenvalue weighted by atomic mass is 9.90. The molecule has 6 nitrogen and oxygen atoms in total. The molecule has 2 heterocycles. The number of rotatable bonds is 4. The number of sulfonamides is 1. The Kier molecular flexibility index (Phi) is 4.94. The van der Waals surface area contributed by atoms with Crippen LogP contribution in [0, 0.1) is 0 Å². The van der Waals surface area contributed by atoms with Crippen LogP contribution < -0.4 is 4.72 Å². The van der Waals surface area contributed by atoms with E-state index in [4.69, 9.17) is 4.74 Å². The lowest BCUT2D eigenvalue weighted by Crippen LogP contribution is -2.50. The highest BCUT2D eigenvalue weighted by Gasteiger charge is 2.44. The first-order chi connectivity index (χ1) is 11.4. The van der Waals surface area contributed by atoms with Crippen LogP contribution in [0.1, 0.15) is 24.8 Å². The number of amides is 1. The largest absolute Gasteiger partial charge is 0.373 e. The van der Waals surface area contributed by atoms with Crippen LogP contribution >= 0.6 is 0 Å². The van der Waals surface area contributed by atoms with Crippen LogP contribution in [0.25, 0.3) is 0 Å². The van der Waals surface area contributed by atoms with E-state index in [1.165, 1.54) is 6.26 Å². The summed E-state index contributed by atoms with van der Waals surface area (Å²) in [6.45, 7) is 1.73. The Morgan fingerprint density at radius 2 is 2.12 bits per heavy atom. The van der Waals surface area contributed by atoms with Crippen molar-refractivity contribution in [3.8, 4) is 0 Å². The van der Waals surface area contributed by atoms with E-state index in [1.807, 2.05) is 35.2 Å². The lowest BCUT2D eigenvalue weighted by Gasteiger charge is -2.38. The first-order valence-electron chi connectivity index (χ1n) is 8.28. The number of benzene rings is 1. The van der Waals surface area contributed by atoms with Crippen molar-refractivity contribution in [1.82, 2.24) is 9.62 Å². The van der Waals surface area contributed by atoms with Gasteiger partial charge in [0.25, 0.3) is 0 Å². The van der Waals surface area contributed by atoms with Gasteiger partial charge in [0.1, 0.15) is 0 Å². The molecule has 1 amide bonds. The van der Waals surface area contributed by atoms with Crippen molar-refractivity contribution in [2.75, 3.05) is 26.0 Å². The van der Waals surface area contributed by atoms with Gasteiger partial charge >= 0.3 is 0 Å². The summed E-state index contributed by atoms with van der Waals surface area (Å²) in [5, 5.41) is 0. The van der Waals surface area contributed by atoms with Crippen molar-refractivity contribution in [3.05, 3.63) is 35.9 Å². The minimum Gasteiger partial charge on any atom is -0.373 e. The lowest BCUT2D eigenvalue weighted by molar-refractivity contribution is -0.132. The highest BCUT2D eigenvalue weighted by Crippen LogP contribution is 2.34. The van der Waals surface area contributed by atoms with Gasteiger partial charge in [-0.2, -0.15) is 0 Å². The third-order valence-corrected chi connectivity index (χ3v) is 5.50. The number of nitrogens with zero attached hydrogens (tertiary/aromatic N) is 1. The summed E-state index contributed by atoms with van der Waals surface area (Å²) in [6.07, 6.45) is 3.62. The van der Waals surface area contributed by atoms with Crippen LogP contribution in [0.5, 0.6) is 0 Å². The predicted octanol–water partition coefficient (Wildman–Crippen LogP) is 0.928. The van der Waals surface area contributed by atoms with E-state index in [1.54, 1.807) is 0 Å². The number of nitrogens with one attached hydrogen (secondary N) is 1. The second-order valence-electron chi connectivity index (χ2n) is 6.84. The van der Waals surface area contributed by atoms with Crippen LogP contribution in [0.3, 0.4) is 0 Å². The van der Waals surface area contributed by atoms with E-state index in [0.717, 1.165) is 12.0 Å². The number of carbonyl (C=O) groups is 1. The van der Waals surface area contributed by atoms with Gasteiger partial charge in [-0.25, -0.2) is 13.1 Å². The molecule has 7 heteroatoms. The Hall–Kier alpha value is -1.44. The highest BCUT2D eigenvalue weighted by molar-refractivity contribution is 7.88. The molecule has 3 rings (SSSR count). The van der Waals surface area contributed by atoms with Crippen LogP contribution in [0.15, 0.2) is 30.3 Å². The fourth-order valence-electron chi connectivity index (χ4n) is 3.66. The maximum absolute atomic E-state index is 12.5. The second kappa shape index (κ2) is 6.82. The maximum Gasteiger partial charge on any atom is 0.227 e. The van der Waals surface area contributed by atoms with Gasteiger partial charge in [0, 0.05) is 25.7 Å². The molecule has 2 aliphatic heterocycles. The summed E-state index contributed by atoms with van der Waals surface area (Å²) < 4.78 is 31.6. The van der Waals surface area contributed by atoms with Gasteiger partial charge in [-0.3, -0.25) is 4.79 Å². The molecular formula is C17H24N2O4S. The molecule has 2 fully saturated rings. The molecule has 2 aliphatic rings. The summed E-state index contributed by atoms with van der Waals surface area (Å²) in [7, 11) is -3.23. The molecule has 1 spiro atoms. The zero-order chi connectivity index (χ0) is 17.2. The molecule has 1 aromatic rings. The molecule has 2 atom stereocenters. The van der Waals surface area contributed by atoms with E-state index >= 15 is 0 Å². The molecule has 0 radical (unpaired) electrons. The number of hydrogen-bond acceptors (Lipinski definition) is 4. The first-order valence-corrected chi connectivity index (χ1v) is 10.2. The topological polar surface area (TPSA) is 75.7 Å². The Balaban J connectivity index is 1.60. The normalized spacial score (nSPS) is 27.5. The van der Waals surface area contributed by atoms with Crippen molar-refractivity contribution in [2.45, 2.75) is 37.3 Å². The Morgan fingerprint density at radius 1 is 1.38 bits per heavy atom. The van der Waals surface area contributed by atoms with Crippen LogP contribution in [-0.2, 0) is 26.0 Å². The maximum atomic E-state index is 12.5. The SMILES string of the molecule is CS(=O)(=O)N[C@H]1CCO[C@]2(CCN(C(=O)Cc3ccccc3)C2)C1. The van der Waals surface area contributed by atoms with Gasteiger partial charge in [-0.05, 0) is 24.8 Å². The molecule has 2 saturated heterocycles. The third kappa shape index (κ3) is 4.34. The Bertz CT molecular complexity index is 692. The molecule has 132 valence electrons. The van der Waals surface area contributed by atoms with Crippen molar-refractivity contribution in [1.29, 1.82) is 0 Å². The minimum absolute atomic E-state index is 0.0971. The standard InChI is InChI=1S/C17H24N2O4S/c1-24(21,22)18-15-7-10-23-17(12-15)8-9-19(13-17)16(20)11-14-5-3-2-4-6-14/h2-6,15,18H,7-13H2,1H3/t15-,17+/m0/s1. The van der Waals surface area contributed by atoms with Gasteiger partial charge in [-0.15, -0.1) is 0 Å². The van der Waals surface area contributed by atoms with Crippen LogP contribution in [0.4, 0.5) is 0 Å². The molecule has 24 heavy (non-hydrogen) atoms. The summed E-state index contributed by atoms with van der Waals surface area (Å²) in [5.74, 6) is 0.0971. The fraction of sp³-hybridized carbons (Fsp3) is 0.588. The van der Waals surface area contributed by atoms with Gasteiger partial charge in [0.05, 0.1) is 18.3 Å². The van der Waals surface area contributed by atoms with Crippen molar-refractivity contribution >= 4 is 15.9 Å². The fourth-order valence-corrected chi connectivity index (χ4v) is 4.46. The van der Waals surface area contributed by atoms with Crippen molar-refractivity contribution < 1.29 is 17.9 Å². The van der Waals surface area contributed by atoms with Gasteiger partial charge in [0.2, 0.25) is 15.9 Å². The molecule has 0 aliphatic carbocycles. The first kappa shape index (κ1) is 17.4. The monoisotopic (exact) mass is 352 g/mol. The van der Waals surface area contributed by atoms with E-state index in [-0.39, 0.29) is 11.9 Å². The summed E-state index contributed by atoms with van der Waals surface area (Å²) in [5.41, 5.74) is 0.595. The summed E-state index contributed by atoms with van der Waals surface area (Å²) in [4.78, 5) is 14.4. The zero-order valence-electron chi connectivity index (χ0n) is 13.9. The van der Waals surface area contributed by atoms with Crippen molar-refractivity contribution in [2.24, 2.45) is 0 Å². The number of likely N-dealkylation sites (tertiary alicyclic amines) is 1. The summed E-state index contributed by atoms with van der Waals surface area (Å²) in [6, 6.07) is 9.58. The van der Waals surface area contributed by atoms with Gasteiger partial charge in [-0.1, -0.05) is 30.3 Å². The molecule has 1 aromatic carbocycles. The van der Waals surface area contributed by atoms with E-state index in [0.29, 0.717) is 39.0 Å². The van der Waals surface area contributed by atoms with E-state index in [2.05, 4.69) is 4.72 Å². The Labute approximate surface area is 143 Å². The average Bonchev–Trinajstić information content (AvgIpc) is 2.90. The molecule has 1 N–H and O–H groups in total.